The normalized spacial score (nSPS) is 10.4. The topological polar surface area (TPSA) is 117 Å². The molecule has 0 aliphatic rings. The number of carbonyl (C=O) groups excluding carboxylic acids is 2. The van der Waals surface area contributed by atoms with Crippen molar-refractivity contribution in [3.63, 3.8) is 0 Å². The van der Waals surface area contributed by atoms with E-state index in [1.165, 1.54) is 37.6 Å². The van der Waals surface area contributed by atoms with Crippen molar-refractivity contribution in [1.29, 1.82) is 0 Å². The fraction of sp³-hybridized carbons (Fsp3) is 0.111. The van der Waals surface area contributed by atoms with Gasteiger partial charge in [0.2, 0.25) is 0 Å². The Hall–Kier alpha value is -3.68. The number of aryl methyl sites for hydroxylation is 1. The Labute approximate surface area is 149 Å². The Morgan fingerprint density at radius 2 is 1.77 bits per heavy atom. The summed E-state index contributed by atoms with van der Waals surface area (Å²) in [7, 11) is 1.46. The van der Waals surface area contributed by atoms with Gasteiger partial charge in [-0.05, 0) is 42.3 Å². The Balaban J connectivity index is 1.96. The molecule has 0 heterocycles. The highest BCUT2D eigenvalue weighted by molar-refractivity contribution is 6.39. The smallest absolute Gasteiger partial charge is 0.335 e. The van der Waals surface area contributed by atoms with Crippen LogP contribution >= 0.6 is 0 Å². The molecule has 0 saturated carbocycles. The molecule has 0 spiro atoms. The molecule has 0 saturated heterocycles. The Morgan fingerprint density at radius 1 is 1.08 bits per heavy atom. The molecule has 2 aromatic carbocycles. The Kier molecular flexibility index (Phi) is 6.05. The second-order valence-corrected chi connectivity index (χ2v) is 5.28. The van der Waals surface area contributed by atoms with E-state index in [0.717, 1.165) is 5.56 Å². The van der Waals surface area contributed by atoms with Crippen LogP contribution in [0.4, 0.5) is 5.69 Å². The van der Waals surface area contributed by atoms with Gasteiger partial charge in [-0.15, -0.1) is 0 Å². The van der Waals surface area contributed by atoms with Crippen molar-refractivity contribution in [2.75, 3.05) is 12.4 Å². The van der Waals surface area contributed by atoms with Crippen molar-refractivity contribution < 1.29 is 24.2 Å². The lowest BCUT2D eigenvalue weighted by atomic mass is 10.1. The van der Waals surface area contributed by atoms with E-state index < -0.39 is 17.8 Å². The number of aromatic carboxylic acids is 1. The molecule has 0 unspecified atom stereocenters. The van der Waals surface area contributed by atoms with Gasteiger partial charge in [0.15, 0.2) is 0 Å². The quantitative estimate of drug-likeness (QED) is 0.429. The van der Waals surface area contributed by atoms with Crippen LogP contribution in [0.15, 0.2) is 47.6 Å². The highest BCUT2D eigenvalue weighted by Crippen LogP contribution is 2.24. The first kappa shape index (κ1) is 18.7. The van der Waals surface area contributed by atoms with Crippen molar-refractivity contribution in [3.8, 4) is 5.75 Å². The number of methoxy groups -OCH3 is 1. The van der Waals surface area contributed by atoms with E-state index in [4.69, 9.17) is 9.84 Å². The average Bonchev–Trinajstić information content (AvgIpc) is 2.62. The second kappa shape index (κ2) is 8.43. The molecular formula is C18H17N3O5. The minimum atomic E-state index is -1.04. The van der Waals surface area contributed by atoms with Crippen LogP contribution in [-0.2, 0) is 9.59 Å². The molecule has 0 aliphatic heterocycles. The number of carbonyl (C=O) groups is 3. The summed E-state index contributed by atoms with van der Waals surface area (Å²) in [4.78, 5) is 34.5. The van der Waals surface area contributed by atoms with Gasteiger partial charge in [-0.2, -0.15) is 5.10 Å². The Morgan fingerprint density at radius 3 is 2.38 bits per heavy atom. The van der Waals surface area contributed by atoms with Crippen molar-refractivity contribution in [1.82, 2.24) is 5.43 Å². The number of ether oxygens (including phenoxy) is 1. The number of hydrogen-bond acceptors (Lipinski definition) is 5. The van der Waals surface area contributed by atoms with Gasteiger partial charge in [-0.1, -0.05) is 18.2 Å². The number of nitrogens with zero attached hydrogens (tertiary/aromatic N) is 1. The number of nitrogens with one attached hydrogen (secondary N) is 2. The molecular weight excluding hydrogens is 338 g/mol. The molecule has 3 N–H and O–H groups in total. The molecule has 0 atom stereocenters. The minimum Gasteiger partial charge on any atom is -0.495 e. The maximum absolute atomic E-state index is 11.9. The summed E-state index contributed by atoms with van der Waals surface area (Å²) >= 11 is 0. The van der Waals surface area contributed by atoms with Crippen LogP contribution in [0.25, 0.3) is 0 Å². The minimum absolute atomic E-state index is 0.137. The summed E-state index contributed by atoms with van der Waals surface area (Å²) in [5.41, 5.74) is 4.07. The zero-order valence-corrected chi connectivity index (χ0v) is 14.1. The van der Waals surface area contributed by atoms with E-state index in [2.05, 4.69) is 15.8 Å². The summed E-state index contributed by atoms with van der Waals surface area (Å²) in [5.74, 6) is -2.46. The summed E-state index contributed by atoms with van der Waals surface area (Å²) in [5, 5.41) is 14.9. The molecule has 0 aliphatic carbocycles. The second-order valence-electron chi connectivity index (χ2n) is 5.28. The monoisotopic (exact) mass is 355 g/mol. The SMILES string of the molecule is COc1ccc(C)cc1NC(=O)C(=O)N/N=C\c1ccc(C(=O)O)cc1. The highest BCUT2D eigenvalue weighted by atomic mass is 16.5. The number of carboxylic acid groups (broad SMARTS) is 1. The first-order valence-electron chi connectivity index (χ1n) is 7.53. The van der Waals surface area contributed by atoms with Crippen LogP contribution in [0.2, 0.25) is 0 Å². The molecule has 0 fully saturated rings. The standard InChI is InChI=1S/C18H17N3O5/c1-11-3-8-15(26-2)14(9-11)20-16(22)17(23)21-19-10-12-4-6-13(7-5-12)18(24)25/h3-10H,1-2H3,(H,20,22)(H,21,23)(H,24,25)/b19-10-. The zero-order chi connectivity index (χ0) is 19.1. The van der Waals surface area contributed by atoms with Crippen molar-refractivity contribution in [3.05, 3.63) is 59.2 Å². The Bertz CT molecular complexity index is 860. The zero-order valence-electron chi connectivity index (χ0n) is 14.1. The molecule has 2 rings (SSSR count). The number of hydrazone groups is 1. The van der Waals surface area contributed by atoms with E-state index >= 15 is 0 Å². The molecule has 26 heavy (non-hydrogen) atoms. The van der Waals surface area contributed by atoms with Crippen LogP contribution in [0.3, 0.4) is 0 Å². The van der Waals surface area contributed by atoms with E-state index in [1.807, 2.05) is 13.0 Å². The molecule has 8 heteroatoms. The molecule has 0 bridgehead atoms. The van der Waals surface area contributed by atoms with Crippen LogP contribution in [0.1, 0.15) is 21.5 Å². The third kappa shape index (κ3) is 4.91. The molecule has 0 aromatic heterocycles. The lowest BCUT2D eigenvalue weighted by molar-refractivity contribution is -0.136. The molecule has 2 amide bonds. The summed E-state index contributed by atoms with van der Waals surface area (Å²) in [6, 6.07) is 11.0. The molecule has 8 nitrogen and oxygen atoms in total. The number of carboxylic acids is 1. The van der Waals surface area contributed by atoms with Gasteiger partial charge in [0.1, 0.15) is 5.75 Å². The largest absolute Gasteiger partial charge is 0.495 e. The summed E-state index contributed by atoms with van der Waals surface area (Å²) in [6.45, 7) is 1.84. The van der Waals surface area contributed by atoms with Gasteiger partial charge >= 0.3 is 17.8 Å². The average molecular weight is 355 g/mol. The lowest BCUT2D eigenvalue weighted by Gasteiger charge is -2.10. The highest BCUT2D eigenvalue weighted by Gasteiger charge is 2.15. The van der Waals surface area contributed by atoms with Gasteiger partial charge in [0.05, 0.1) is 24.6 Å². The van der Waals surface area contributed by atoms with Crippen molar-refractivity contribution >= 4 is 29.7 Å². The van der Waals surface area contributed by atoms with Crippen molar-refractivity contribution in [2.24, 2.45) is 5.10 Å². The van der Waals surface area contributed by atoms with Crippen LogP contribution in [0.5, 0.6) is 5.75 Å². The maximum atomic E-state index is 11.9. The van der Waals surface area contributed by atoms with Gasteiger partial charge in [0.25, 0.3) is 0 Å². The van der Waals surface area contributed by atoms with E-state index in [0.29, 0.717) is 17.0 Å². The van der Waals surface area contributed by atoms with Crippen LogP contribution in [0, 0.1) is 6.92 Å². The van der Waals surface area contributed by atoms with E-state index in [1.54, 1.807) is 12.1 Å². The van der Waals surface area contributed by atoms with Gasteiger partial charge in [-0.25, -0.2) is 10.2 Å². The number of amides is 2. The third-order valence-corrected chi connectivity index (χ3v) is 3.35. The number of rotatable bonds is 5. The number of hydrogen-bond donors (Lipinski definition) is 3. The molecule has 2 aromatic rings. The third-order valence-electron chi connectivity index (χ3n) is 3.35. The fourth-order valence-corrected chi connectivity index (χ4v) is 2.03. The molecule has 0 radical (unpaired) electrons. The summed E-state index contributed by atoms with van der Waals surface area (Å²) < 4.78 is 5.13. The van der Waals surface area contributed by atoms with Crippen molar-refractivity contribution in [2.45, 2.75) is 6.92 Å². The van der Waals surface area contributed by atoms with Gasteiger partial charge in [0, 0.05) is 0 Å². The van der Waals surface area contributed by atoms with Crippen LogP contribution in [-0.4, -0.2) is 36.2 Å². The first-order chi connectivity index (χ1) is 12.4. The fourth-order valence-electron chi connectivity index (χ4n) is 2.03. The maximum Gasteiger partial charge on any atom is 0.335 e. The van der Waals surface area contributed by atoms with E-state index in [9.17, 15) is 14.4 Å². The van der Waals surface area contributed by atoms with Gasteiger partial charge in [-0.3, -0.25) is 9.59 Å². The predicted molar refractivity (Wildman–Crippen MR) is 95.5 cm³/mol. The van der Waals surface area contributed by atoms with Gasteiger partial charge < -0.3 is 15.2 Å². The number of benzene rings is 2. The summed E-state index contributed by atoms with van der Waals surface area (Å²) in [6.07, 6.45) is 1.30. The molecule has 134 valence electrons. The predicted octanol–water partition coefficient (Wildman–Crippen LogP) is 1.79. The first-order valence-corrected chi connectivity index (χ1v) is 7.53. The van der Waals surface area contributed by atoms with Crippen LogP contribution < -0.4 is 15.5 Å². The lowest BCUT2D eigenvalue weighted by Crippen LogP contribution is -2.32. The van der Waals surface area contributed by atoms with E-state index in [-0.39, 0.29) is 5.56 Å². The number of anilines is 1.